The number of amides is 1. The molecule has 3 rings (SSSR count). The average Bonchev–Trinajstić information content (AvgIpc) is 2.99. The van der Waals surface area contributed by atoms with Crippen LogP contribution in [0, 0.1) is 11.3 Å². The van der Waals surface area contributed by atoms with Crippen LogP contribution in [-0.4, -0.2) is 45.9 Å². The first-order valence-electron chi connectivity index (χ1n) is 7.51. The highest BCUT2D eigenvalue weighted by molar-refractivity contribution is 5.89. The van der Waals surface area contributed by atoms with E-state index >= 15 is 0 Å². The Bertz CT molecular complexity index is 515. The van der Waals surface area contributed by atoms with Gasteiger partial charge in [0.2, 0.25) is 5.91 Å². The van der Waals surface area contributed by atoms with Gasteiger partial charge >= 0.3 is 0 Å². The van der Waals surface area contributed by atoms with E-state index in [9.17, 15) is 4.79 Å². The van der Waals surface area contributed by atoms with Gasteiger partial charge in [-0.25, -0.2) is 4.98 Å². The highest BCUT2D eigenvalue weighted by Gasteiger charge is 2.70. The lowest BCUT2D eigenvalue weighted by Gasteiger charge is -2.65. The monoisotopic (exact) mass is 293 g/mol. The zero-order chi connectivity index (χ0) is 15.1. The van der Waals surface area contributed by atoms with E-state index in [0.29, 0.717) is 13.0 Å². The molecule has 4 N–H and O–H groups in total. The smallest absolute Gasteiger partial charge is 0.241 e. The molecular formula is C14H23N5O2. The van der Waals surface area contributed by atoms with Gasteiger partial charge < -0.3 is 15.8 Å². The predicted octanol–water partition coefficient (Wildman–Crippen LogP) is -0.00410. The average molecular weight is 293 g/mol. The van der Waals surface area contributed by atoms with Crippen LogP contribution in [0.5, 0.6) is 0 Å². The Balaban J connectivity index is 1.62. The van der Waals surface area contributed by atoms with E-state index in [1.54, 1.807) is 0 Å². The summed E-state index contributed by atoms with van der Waals surface area (Å²) < 4.78 is 5.82. The van der Waals surface area contributed by atoms with Gasteiger partial charge in [0.05, 0.1) is 6.10 Å². The van der Waals surface area contributed by atoms with E-state index in [4.69, 9.17) is 10.5 Å². The molecule has 21 heavy (non-hydrogen) atoms. The molecule has 1 amide bonds. The summed E-state index contributed by atoms with van der Waals surface area (Å²) >= 11 is 0. The lowest BCUT2D eigenvalue weighted by Crippen LogP contribution is -2.82. The summed E-state index contributed by atoms with van der Waals surface area (Å²) in [5.74, 6) is 0.790. The molecule has 7 nitrogen and oxygen atoms in total. The van der Waals surface area contributed by atoms with Crippen LogP contribution in [0.25, 0.3) is 0 Å². The number of nitrogens with two attached hydrogens (primary N) is 1. The molecule has 116 valence electrons. The first kappa shape index (κ1) is 14.5. The Hall–Kier alpha value is -1.47. The minimum atomic E-state index is -0.848. The Morgan fingerprint density at radius 2 is 2.43 bits per heavy atom. The molecule has 0 bridgehead atoms. The van der Waals surface area contributed by atoms with Gasteiger partial charge in [0.15, 0.2) is 0 Å². The molecule has 2 aliphatic rings. The van der Waals surface area contributed by atoms with Gasteiger partial charge in [-0.05, 0) is 12.8 Å². The molecule has 1 aliphatic heterocycles. The molecule has 2 fully saturated rings. The minimum absolute atomic E-state index is 0.0845. The van der Waals surface area contributed by atoms with Gasteiger partial charge in [0, 0.05) is 30.9 Å². The lowest BCUT2D eigenvalue weighted by atomic mass is 9.46. The fourth-order valence-electron chi connectivity index (χ4n) is 3.83. The van der Waals surface area contributed by atoms with Crippen molar-refractivity contribution in [2.75, 3.05) is 13.2 Å². The normalized spacial score (nSPS) is 33.9. The van der Waals surface area contributed by atoms with Crippen LogP contribution in [0.1, 0.15) is 32.5 Å². The van der Waals surface area contributed by atoms with Crippen molar-refractivity contribution in [2.45, 2.75) is 44.8 Å². The highest BCUT2D eigenvalue weighted by Crippen LogP contribution is 2.57. The van der Waals surface area contributed by atoms with E-state index in [-0.39, 0.29) is 23.3 Å². The predicted molar refractivity (Wildman–Crippen MR) is 76.3 cm³/mol. The summed E-state index contributed by atoms with van der Waals surface area (Å²) in [4.78, 5) is 16.6. The van der Waals surface area contributed by atoms with Crippen LogP contribution in [0.2, 0.25) is 0 Å². The van der Waals surface area contributed by atoms with Crippen molar-refractivity contribution in [1.82, 2.24) is 20.5 Å². The zero-order valence-corrected chi connectivity index (χ0v) is 12.6. The third-order valence-corrected chi connectivity index (χ3v) is 5.17. The summed E-state index contributed by atoms with van der Waals surface area (Å²) in [5.41, 5.74) is 5.32. The van der Waals surface area contributed by atoms with Crippen molar-refractivity contribution >= 4 is 5.91 Å². The number of carbonyl (C=O) groups excluding carboxylic acids is 1. The molecule has 0 spiro atoms. The summed E-state index contributed by atoms with van der Waals surface area (Å²) in [5, 5.41) is 9.50. The second-order valence-electron chi connectivity index (χ2n) is 6.57. The van der Waals surface area contributed by atoms with Crippen molar-refractivity contribution in [3.63, 3.8) is 0 Å². The molecule has 1 saturated carbocycles. The summed E-state index contributed by atoms with van der Waals surface area (Å²) in [7, 11) is 0. The Labute approximate surface area is 124 Å². The molecule has 0 aromatic carbocycles. The van der Waals surface area contributed by atoms with Crippen LogP contribution in [-0.2, 0) is 16.0 Å². The molecule has 3 atom stereocenters. The first-order chi connectivity index (χ1) is 9.98. The van der Waals surface area contributed by atoms with Gasteiger partial charge in [-0.1, -0.05) is 13.8 Å². The molecule has 1 saturated heterocycles. The fraction of sp³-hybridized carbons (Fsp3) is 0.786. The van der Waals surface area contributed by atoms with Crippen molar-refractivity contribution in [1.29, 1.82) is 0 Å². The summed E-state index contributed by atoms with van der Waals surface area (Å²) in [6.45, 7) is 5.32. The van der Waals surface area contributed by atoms with Crippen LogP contribution in [0.4, 0.5) is 0 Å². The fourth-order valence-corrected chi connectivity index (χ4v) is 3.83. The van der Waals surface area contributed by atoms with Crippen molar-refractivity contribution in [3.8, 4) is 0 Å². The van der Waals surface area contributed by atoms with Crippen LogP contribution >= 0.6 is 0 Å². The number of rotatable bonds is 4. The van der Waals surface area contributed by atoms with E-state index < -0.39 is 5.54 Å². The third kappa shape index (κ3) is 2.06. The Morgan fingerprint density at radius 1 is 1.62 bits per heavy atom. The van der Waals surface area contributed by atoms with Gasteiger partial charge in [-0.15, -0.1) is 0 Å². The number of aromatic nitrogens is 3. The number of H-pyrrole nitrogens is 1. The molecule has 7 heteroatoms. The quantitative estimate of drug-likeness (QED) is 0.724. The van der Waals surface area contributed by atoms with Crippen LogP contribution in [0.3, 0.4) is 0 Å². The molecule has 1 aromatic heterocycles. The van der Waals surface area contributed by atoms with E-state index in [0.717, 1.165) is 25.3 Å². The van der Waals surface area contributed by atoms with Gasteiger partial charge in [-0.2, -0.15) is 5.10 Å². The SMILES string of the molecule is CC1(C)C2OCCCC2C1(N)C(=O)NCCc1ncn[nH]1. The van der Waals surface area contributed by atoms with E-state index in [1.165, 1.54) is 6.33 Å². The highest BCUT2D eigenvalue weighted by atomic mass is 16.5. The van der Waals surface area contributed by atoms with Gasteiger partial charge in [-0.3, -0.25) is 9.89 Å². The molecule has 0 radical (unpaired) electrons. The number of nitrogens with one attached hydrogen (secondary N) is 2. The van der Waals surface area contributed by atoms with Crippen LogP contribution in [0.15, 0.2) is 6.33 Å². The molecule has 1 aliphatic carbocycles. The molecular weight excluding hydrogens is 270 g/mol. The lowest BCUT2D eigenvalue weighted by molar-refractivity contribution is -0.225. The number of hydrogen-bond acceptors (Lipinski definition) is 5. The summed E-state index contributed by atoms with van der Waals surface area (Å²) in [6.07, 6.45) is 4.10. The zero-order valence-electron chi connectivity index (χ0n) is 12.6. The van der Waals surface area contributed by atoms with Crippen molar-refractivity contribution in [3.05, 3.63) is 12.2 Å². The van der Waals surface area contributed by atoms with Gasteiger partial charge in [0.1, 0.15) is 17.7 Å². The largest absolute Gasteiger partial charge is 0.377 e. The molecule has 1 aromatic rings. The number of carbonyl (C=O) groups is 1. The standard InChI is InChI=1S/C14H23N5O2/c1-13(2)11-9(4-3-7-21-11)14(13,15)12(20)16-6-5-10-17-8-18-19-10/h8-9,11H,3-7,15H2,1-2H3,(H,16,20)(H,17,18,19). The van der Waals surface area contributed by atoms with Gasteiger partial charge in [0.25, 0.3) is 0 Å². The van der Waals surface area contributed by atoms with Crippen molar-refractivity contribution < 1.29 is 9.53 Å². The number of aromatic amines is 1. The maximum Gasteiger partial charge on any atom is 0.241 e. The maximum atomic E-state index is 12.6. The Morgan fingerprint density at radius 3 is 3.14 bits per heavy atom. The summed E-state index contributed by atoms with van der Waals surface area (Å²) in [6, 6.07) is 0. The van der Waals surface area contributed by atoms with Crippen LogP contribution < -0.4 is 11.1 Å². The number of fused-ring (bicyclic) bond motifs is 1. The topological polar surface area (TPSA) is 106 Å². The Kier molecular flexibility index (Phi) is 3.49. The number of hydrogen-bond donors (Lipinski definition) is 3. The number of ether oxygens (including phenoxy) is 1. The molecule has 3 unspecified atom stereocenters. The first-order valence-corrected chi connectivity index (χ1v) is 7.51. The van der Waals surface area contributed by atoms with Crippen molar-refractivity contribution in [2.24, 2.45) is 17.1 Å². The third-order valence-electron chi connectivity index (χ3n) is 5.17. The molecule has 2 heterocycles. The second kappa shape index (κ2) is 5.06. The van der Waals surface area contributed by atoms with E-state index in [1.807, 2.05) is 13.8 Å². The minimum Gasteiger partial charge on any atom is -0.377 e. The second-order valence-corrected chi connectivity index (χ2v) is 6.57. The number of nitrogens with zero attached hydrogens (tertiary/aromatic N) is 2. The van der Waals surface area contributed by atoms with E-state index in [2.05, 4.69) is 20.5 Å². The maximum absolute atomic E-state index is 12.6.